The van der Waals surface area contributed by atoms with E-state index in [1.807, 2.05) is 25.1 Å². The number of benzene rings is 1. The van der Waals surface area contributed by atoms with Crippen LogP contribution in [0.1, 0.15) is 18.5 Å². The van der Waals surface area contributed by atoms with Crippen molar-refractivity contribution in [1.29, 1.82) is 0 Å². The van der Waals surface area contributed by atoms with Gasteiger partial charge in [0.1, 0.15) is 0 Å². The van der Waals surface area contributed by atoms with E-state index in [1.165, 1.54) is 6.07 Å². The van der Waals surface area contributed by atoms with Crippen LogP contribution in [-0.2, 0) is 0 Å². The number of halogens is 3. The zero-order valence-electron chi connectivity index (χ0n) is 9.62. The Labute approximate surface area is 118 Å². The molecule has 0 spiro atoms. The summed E-state index contributed by atoms with van der Waals surface area (Å²) in [6.07, 6.45) is 1.55. The number of pyridine rings is 1. The van der Waals surface area contributed by atoms with E-state index in [-0.39, 0.29) is 11.9 Å². The molecule has 0 fully saturated rings. The van der Waals surface area contributed by atoms with Gasteiger partial charge < -0.3 is 5.32 Å². The topological polar surface area (TPSA) is 24.9 Å². The average molecular weight is 330 g/mol. The van der Waals surface area contributed by atoms with Gasteiger partial charge in [0.2, 0.25) is 0 Å². The summed E-state index contributed by atoms with van der Waals surface area (Å²) in [4.78, 5) is 4.00. The first-order valence-corrected chi connectivity index (χ1v) is 6.57. The third-order valence-corrected chi connectivity index (χ3v) is 3.31. The fourth-order valence-corrected chi connectivity index (χ4v) is 2.23. The van der Waals surface area contributed by atoms with E-state index in [9.17, 15) is 4.39 Å². The summed E-state index contributed by atoms with van der Waals surface area (Å²) in [6.45, 7) is 1.91. The molecule has 18 heavy (non-hydrogen) atoms. The molecule has 1 heterocycles. The van der Waals surface area contributed by atoms with E-state index < -0.39 is 5.82 Å². The number of nitrogens with zero attached hydrogens (tertiary/aromatic N) is 1. The molecule has 2 nitrogen and oxygen atoms in total. The van der Waals surface area contributed by atoms with Crippen molar-refractivity contribution in [2.45, 2.75) is 13.0 Å². The third kappa shape index (κ3) is 3.00. The van der Waals surface area contributed by atoms with E-state index in [0.29, 0.717) is 9.50 Å². The van der Waals surface area contributed by atoms with E-state index in [1.54, 1.807) is 12.3 Å². The molecule has 0 amide bonds. The van der Waals surface area contributed by atoms with Crippen molar-refractivity contribution < 1.29 is 4.39 Å². The maximum atomic E-state index is 13.6. The van der Waals surface area contributed by atoms with Crippen LogP contribution >= 0.6 is 27.5 Å². The molecule has 0 saturated carbocycles. The van der Waals surface area contributed by atoms with Gasteiger partial charge in [-0.1, -0.05) is 29.8 Å². The van der Waals surface area contributed by atoms with Crippen LogP contribution in [0.25, 0.3) is 0 Å². The molecule has 0 aliphatic rings. The number of aromatic nitrogens is 1. The highest BCUT2D eigenvalue weighted by atomic mass is 79.9. The number of hydrogen-bond acceptors (Lipinski definition) is 2. The van der Waals surface area contributed by atoms with Gasteiger partial charge in [0.15, 0.2) is 11.6 Å². The Kier molecular flexibility index (Phi) is 4.19. The summed E-state index contributed by atoms with van der Waals surface area (Å²) in [5.74, 6) is -0.186. The second kappa shape index (κ2) is 5.67. The quantitative estimate of drug-likeness (QED) is 0.874. The maximum absolute atomic E-state index is 13.6. The molecule has 2 rings (SSSR count). The second-order valence-corrected chi connectivity index (χ2v) is 5.19. The Hall–Kier alpha value is -1.13. The predicted octanol–water partition coefficient (Wildman–Crippen LogP) is 4.81. The van der Waals surface area contributed by atoms with Crippen molar-refractivity contribution in [3.05, 3.63) is 57.4 Å². The fraction of sp³-hybridized carbons (Fsp3) is 0.154. The van der Waals surface area contributed by atoms with Crippen LogP contribution in [0.3, 0.4) is 0 Å². The zero-order chi connectivity index (χ0) is 13.1. The molecule has 5 heteroatoms. The molecule has 94 valence electrons. The van der Waals surface area contributed by atoms with Crippen LogP contribution in [0.4, 0.5) is 10.2 Å². The SMILES string of the molecule is CC(Nc1ncc(Br)cc1F)c1ccccc1Cl. The Morgan fingerprint density at radius 2 is 2.11 bits per heavy atom. The normalized spacial score (nSPS) is 12.2. The molecule has 1 aromatic carbocycles. The maximum Gasteiger partial charge on any atom is 0.166 e. The largest absolute Gasteiger partial charge is 0.361 e. The van der Waals surface area contributed by atoms with Crippen LogP contribution in [-0.4, -0.2) is 4.98 Å². The Bertz CT molecular complexity index is 562. The van der Waals surface area contributed by atoms with Gasteiger partial charge in [0, 0.05) is 15.7 Å². The third-order valence-electron chi connectivity index (χ3n) is 2.53. The van der Waals surface area contributed by atoms with Gasteiger partial charge in [-0.25, -0.2) is 9.37 Å². The molecule has 2 aromatic rings. The predicted molar refractivity (Wildman–Crippen MR) is 75.4 cm³/mol. The van der Waals surface area contributed by atoms with Crippen LogP contribution in [0.2, 0.25) is 5.02 Å². The highest BCUT2D eigenvalue weighted by molar-refractivity contribution is 9.10. The van der Waals surface area contributed by atoms with Crippen molar-refractivity contribution in [2.24, 2.45) is 0 Å². The smallest absolute Gasteiger partial charge is 0.166 e. The van der Waals surface area contributed by atoms with Crippen molar-refractivity contribution in [3.8, 4) is 0 Å². The van der Waals surface area contributed by atoms with Gasteiger partial charge >= 0.3 is 0 Å². The summed E-state index contributed by atoms with van der Waals surface area (Å²) in [5, 5.41) is 3.65. The lowest BCUT2D eigenvalue weighted by Crippen LogP contribution is -2.09. The molecule has 1 N–H and O–H groups in total. The average Bonchev–Trinajstić information content (AvgIpc) is 2.33. The molecule has 0 aliphatic carbocycles. The molecular weight excluding hydrogens is 319 g/mol. The van der Waals surface area contributed by atoms with Crippen molar-refractivity contribution in [3.63, 3.8) is 0 Å². The van der Waals surface area contributed by atoms with Gasteiger partial charge in [0.25, 0.3) is 0 Å². The lowest BCUT2D eigenvalue weighted by molar-refractivity contribution is 0.620. The zero-order valence-corrected chi connectivity index (χ0v) is 12.0. The van der Waals surface area contributed by atoms with Gasteiger partial charge in [-0.05, 0) is 40.5 Å². The van der Waals surface area contributed by atoms with Crippen molar-refractivity contribution in [2.75, 3.05) is 5.32 Å². The van der Waals surface area contributed by atoms with Crippen LogP contribution in [0.5, 0.6) is 0 Å². The Balaban J connectivity index is 2.21. The first-order chi connectivity index (χ1) is 8.58. The molecule has 1 aromatic heterocycles. The summed E-state index contributed by atoms with van der Waals surface area (Å²) in [5.41, 5.74) is 0.906. The lowest BCUT2D eigenvalue weighted by atomic mass is 10.1. The molecular formula is C13H11BrClFN2. The molecule has 1 atom stereocenters. The van der Waals surface area contributed by atoms with E-state index in [4.69, 9.17) is 11.6 Å². The first-order valence-electron chi connectivity index (χ1n) is 5.40. The fourth-order valence-electron chi connectivity index (χ4n) is 1.63. The van der Waals surface area contributed by atoms with Crippen LogP contribution in [0, 0.1) is 5.82 Å². The van der Waals surface area contributed by atoms with Gasteiger partial charge in [-0.15, -0.1) is 0 Å². The van der Waals surface area contributed by atoms with E-state index in [2.05, 4.69) is 26.2 Å². The minimum absolute atomic E-state index is 0.123. The number of nitrogens with one attached hydrogen (secondary N) is 1. The second-order valence-electron chi connectivity index (χ2n) is 3.87. The highest BCUT2D eigenvalue weighted by Crippen LogP contribution is 2.26. The summed E-state index contributed by atoms with van der Waals surface area (Å²) in [7, 11) is 0. The van der Waals surface area contributed by atoms with E-state index in [0.717, 1.165) is 5.56 Å². The van der Waals surface area contributed by atoms with Crippen LogP contribution in [0.15, 0.2) is 41.0 Å². The van der Waals surface area contributed by atoms with Gasteiger partial charge in [-0.3, -0.25) is 0 Å². The first kappa shape index (κ1) is 13.3. The summed E-state index contributed by atoms with van der Waals surface area (Å²) >= 11 is 9.26. The molecule has 0 aliphatic heterocycles. The Morgan fingerprint density at radius 1 is 1.39 bits per heavy atom. The van der Waals surface area contributed by atoms with E-state index >= 15 is 0 Å². The molecule has 0 radical (unpaired) electrons. The van der Waals surface area contributed by atoms with Crippen LogP contribution < -0.4 is 5.32 Å². The van der Waals surface area contributed by atoms with Gasteiger partial charge in [-0.2, -0.15) is 0 Å². The number of hydrogen-bond donors (Lipinski definition) is 1. The van der Waals surface area contributed by atoms with Gasteiger partial charge in [0.05, 0.1) is 6.04 Å². The Morgan fingerprint density at radius 3 is 2.78 bits per heavy atom. The summed E-state index contributed by atoms with van der Waals surface area (Å²) in [6, 6.07) is 8.70. The minimum Gasteiger partial charge on any atom is -0.361 e. The lowest BCUT2D eigenvalue weighted by Gasteiger charge is -2.16. The number of rotatable bonds is 3. The standard InChI is InChI=1S/C13H11BrClFN2/c1-8(10-4-2-3-5-11(10)15)18-13-12(16)6-9(14)7-17-13/h2-8H,1H3,(H,17,18). The highest BCUT2D eigenvalue weighted by Gasteiger charge is 2.12. The monoisotopic (exact) mass is 328 g/mol. The number of anilines is 1. The van der Waals surface area contributed by atoms with Crippen molar-refractivity contribution >= 4 is 33.3 Å². The van der Waals surface area contributed by atoms with Crippen molar-refractivity contribution in [1.82, 2.24) is 4.98 Å². The minimum atomic E-state index is -0.400. The summed E-state index contributed by atoms with van der Waals surface area (Å²) < 4.78 is 14.2. The molecule has 1 unspecified atom stereocenters. The molecule has 0 bridgehead atoms. The molecule has 0 saturated heterocycles.